The zero-order valence-corrected chi connectivity index (χ0v) is 15.0. The third kappa shape index (κ3) is 4.94. The van der Waals surface area contributed by atoms with E-state index in [0.717, 1.165) is 25.9 Å². The van der Waals surface area contributed by atoms with Crippen molar-refractivity contribution < 1.29 is 22.7 Å². The minimum atomic E-state index is -2.87. The molecule has 9 heteroatoms. The third-order valence-corrected chi connectivity index (χ3v) is 4.99. The molecule has 0 unspecified atom stereocenters. The van der Waals surface area contributed by atoms with Crippen molar-refractivity contribution in [1.29, 1.82) is 0 Å². The maximum Gasteiger partial charge on any atom is 0.387 e. The van der Waals surface area contributed by atoms with Gasteiger partial charge in [-0.2, -0.15) is 8.78 Å². The quantitative estimate of drug-likeness (QED) is 0.709. The number of likely N-dealkylation sites (tertiary alicyclic amines) is 1. The minimum absolute atomic E-state index is 0.0549. The van der Waals surface area contributed by atoms with Crippen LogP contribution in [0.2, 0.25) is 0 Å². The van der Waals surface area contributed by atoms with Gasteiger partial charge in [-0.1, -0.05) is 18.7 Å². The normalized spacial score (nSPS) is 15.5. The molecular formula is C17H19F2N3O3S. The molecule has 0 spiro atoms. The van der Waals surface area contributed by atoms with Crippen molar-refractivity contribution in [3.05, 3.63) is 24.3 Å². The molecule has 26 heavy (non-hydrogen) atoms. The summed E-state index contributed by atoms with van der Waals surface area (Å²) >= 11 is 1.19. The number of alkyl halides is 2. The summed E-state index contributed by atoms with van der Waals surface area (Å²) in [5, 5.41) is 8.14. The van der Waals surface area contributed by atoms with Crippen molar-refractivity contribution in [2.45, 2.75) is 31.6 Å². The van der Waals surface area contributed by atoms with Crippen LogP contribution in [0.4, 0.5) is 8.78 Å². The molecule has 0 atom stereocenters. The van der Waals surface area contributed by atoms with E-state index in [1.54, 1.807) is 12.1 Å². The topological polar surface area (TPSA) is 68.5 Å². The van der Waals surface area contributed by atoms with Gasteiger partial charge in [0.1, 0.15) is 5.75 Å². The SMILES string of the molecule is CC1CCN(C(=O)CSc2nnc(-c3ccc(OC(F)F)cc3)o2)CC1. The van der Waals surface area contributed by atoms with Crippen LogP contribution in [0.15, 0.2) is 33.9 Å². The lowest BCUT2D eigenvalue weighted by Gasteiger charge is -2.30. The molecule has 1 saturated heterocycles. The van der Waals surface area contributed by atoms with Gasteiger partial charge >= 0.3 is 6.61 Å². The summed E-state index contributed by atoms with van der Waals surface area (Å²) in [5.74, 6) is 1.30. The Kier molecular flexibility index (Phi) is 6.08. The second kappa shape index (κ2) is 8.48. The molecule has 1 aromatic heterocycles. The highest BCUT2D eigenvalue weighted by Crippen LogP contribution is 2.26. The average Bonchev–Trinajstić information content (AvgIpc) is 3.09. The first-order valence-electron chi connectivity index (χ1n) is 8.30. The van der Waals surface area contributed by atoms with E-state index in [9.17, 15) is 13.6 Å². The molecule has 0 bridgehead atoms. The van der Waals surface area contributed by atoms with E-state index in [1.807, 2.05) is 4.90 Å². The summed E-state index contributed by atoms with van der Waals surface area (Å²) in [6, 6.07) is 5.91. The number of hydrogen-bond donors (Lipinski definition) is 0. The lowest BCUT2D eigenvalue weighted by Crippen LogP contribution is -2.38. The Balaban J connectivity index is 1.53. The van der Waals surface area contributed by atoms with Gasteiger partial charge in [-0.25, -0.2) is 0 Å². The van der Waals surface area contributed by atoms with E-state index >= 15 is 0 Å². The van der Waals surface area contributed by atoms with Crippen LogP contribution in [0, 0.1) is 5.92 Å². The number of rotatable bonds is 6. The molecule has 1 fully saturated rings. The summed E-state index contributed by atoms with van der Waals surface area (Å²) in [7, 11) is 0. The third-order valence-electron chi connectivity index (χ3n) is 4.19. The number of nitrogens with zero attached hydrogens (tertiary/aromatic N) is 3. The van der Waals surface area contributed by atoms with E-state index < -0.39 is 6.61 Å². The molecule has 140 valence electrons. The molecular weight excluding hydrogens is 364 g/mol. The lowest BCUT2D eigenvalue weighted by atomic mass is 9.99. The Labute approximate surface area is 153 Å². The summed E-state index contributed by atoms with van der Waals surface area (Å²) in [6.45, 7) is 0.918. The molecule has 6 nitrogen and oxygen atoms in total. The van der Waals surface area contributed by atoms with Gasteiger partial charge in [0.15, 0.2) is 0 Å². The summed E-state index contributed by atoms with van der Waals surface area (Å²) in [6.07, 6.45) is 2.07. The fourth-order valence-corrected chi connectivity index (χ4v) is 3.30. The van der Waals surface area contributed by atoms with Gasteiger partial charge in [0, 0.05) is 18.7 Å². The van der Waals surface area contributed by atoms with Crippen LogP contribution in [0.3, 0.4) is 0 Å². The standard InChI is InChI=1S/C17H19F2N3O3S/c1-11-6-8-22(9-7-11)14(23)10-26-17-21-20-15(25-17)12-2-4-13(5-3-12)24-16(18)19/h2-5,11,16H,6-10H2,1H3. The summed E-state index contributed by atoms with van der Waals surface area (Å²) in [5.41, 5.74) is 0.585. The van der Waals surface area contributed by atoms with Crippen LogP contribution >= 0.6 is 11.8 Å². The van der Waals surface area contributed by atoms with Gasteiger partial charge in [0.05, 0.1) is 5.75 Å². The number of thioether (sulfide) groups is 1. The zero-order chi connectivity index (χ0) is 18.5. The first-order valence-corrected chi connectivity index (χ1v) is 9.29. The van der Waals surface area contributed by atoms with Crippen LogP contribution in [0.5, 0.6) is 5.75 Å². The second-order valence-electron chi connectivity index (χ2n) is 6.13. The molecule has 1 aliphatic heterocycles. The van der Waals surface area contributed by atoms with Gasteiger partial charge in [-0.3, -0.25) is 4.79 Å². The van der Waals surface area contributed by atoms with Gasteiger partial charge < -0.3 is 14.1 Å². The number of carbonyl (C=O) groups excluding carboxylic acids is 1. The van der Waals surface area contributed by atoms with Crippen molar-refractivity contribution in [3.8, 4) is 17.2 Å². The fraction of sp³-hybridized carbons (Fsp3) is 0.471. The minimum Gasteiger partial charge on any atom is -0.435 e. The van der Waals surface area contributed by atoms with Crippen LogP contribution in [-0.2, 0) is 4.79 Å². The largest absolute Gasteiger partial charge is 0.435 e. The van der Waals surface area contributed by atoms with Gasteiger partial charge in [0.25, 0.3) is 5.22 Å². The lowest BCUT2D eigenvalue weighted by molar-refractivity contribution is -0.129. The van der Waals surface area contributed by atoms with E-state index in [1.165, 1.54) is 23.9 Å². The Hall–Kier alpha value is -2.16. The van der Waals surface area contributed by atoms with Crippen LogP contribution < -0.4 is 4.74 Å². The highest BCUT2D eigenvalue weighted by Gasteiger charge is 2.21. The molecule has 1 aliphatic rings. The molecule has 0 saturated carbocycles. The highest BCUT2D eigenvalue weighted by atomic mass is 32.2. The zero-order valence-electron chi connectivity index (χ0n) is 14.2. The Morgan fingerprint density at radius 3 is 2.65 bits per heavy atom. The van der Waals surface area contributed by atoms with E-state index in [-0.39, 0.29) is 23.3 Å². The second-order valence-corrected chi connectivity index (χ2v) is 7.05. The Morgan fingerprint density at radius 2 is 2.00 bits per heavy atom. The monoisotopic (exact) mass is 383 g/mol. The number of halogens is 2. The van der Waals surface area contributed by atoms with Crippen LogP contribution in [0.1, 0.15) is 19.8 Å². The van der Waals surface area contributed by atoms with Crippen molar-refractivity contribution in [3.63, 3.8) is 0 Å². The smallest absolute Gasteiger partial charge is 0.387 e. The molecule has 2 heterocycles. The number of amides is 1. The number of hydrogen-bond acceptors (Lipinski definition) is 6. The van der Waals surface area contributed by atoms with Crippen molar-refractivity contribution in [2.24, 2.45) is 5.92 Å². The fourth-order valence-electron chi connectivity index (χ4n) is 2.64. The maximum absolute atomic E-state index is 12.2. The summed E-state index contributed by atoms with van der Waals surface area (Å²) < 4.78 is 34.1. The maximum atomic E-state index is 12.2. The molecule has 0 aliphatic carbocycles. The first kappa shape index (κ1) is 18.6. The molecule has 1 aromatic carbocycles. The molecule has 3 rings (SSSR count). The number of aromatic nitrogens is 2. The van der Waals surface area contributed by atoms with Crippen LogP contribution in [-0.4, -0.2) is 46.5 Å². The van der Waals surface area contributed by atoms with Gasteiger partial charge in [-0.05, 0) is 43.0 Å². The van der Waals surface area contributed by atoms with E-state index in [4.69, 9.17) is 4.42 Å². The summed E-state index contributed by atoms with van der Waals surface area (Å²) in [4.78, 5) is 14.1. The number of ether oxygens (including phenoxy) is 1. The first-order chi connectivity index (χ1) is 12.5. The van der Waals surface area contributed by atoms with E-state index in [2.05, 4.69) is 21.9 Å². The molecule has 1 amide bonds. The van der Waals surface area contributed by atoms with E-state index in [0.29, 0.717) is 16.7 Å². The number of benzene rings is 1. The highest BCUT2D eigenvalue weighted by molar-refractivity contribution is 7.99. The predicted molar refractivity (Wildman–Crippen MR) is 92.1 cm³/mol. The van der Waals surface area contributed by atoms with Crippen LogP contribution in [0.25, 0.3) is 11.5 Å². The predicted octanol–water partition coefficient (Wildman–Crippen LogP) is 3.69. The van der Waals surface area contributed by atoms with Crippen molar-refractivity contribution in [2.75, 3.05) is 18.8 Å². The molecule has 0 radical (unpaired) electrons. The average molecular weight is 383 g/mol. The van der Waals surface area contributed by atoms with Crippen molar-refractivity contribution in [1.82, 2.24) is 15.1 Å². The van der Waals surface area contributed by atoms with Gasteiger partial charge in [-0.15, -0.1) is 10.2 Å². The Bertz CT molecular complexity index is 731. The van der Waals surface area contributed by atoms with Gasteiger partial charge in [0.2, 0.25) is 11.8 Å². The number of carbonyl (C=O) groups is 1. The molecule has 2 aromatic rings. The Morgan fingerprint density at radius 1 is 1.31 bits per heavy atom. The molecule has 0 N–H and O–H groups in total. The number of piperidine rings is 1. The van der Waals surface area contributed by atoms with Crippen molar-refractivity contribution >= 4 is 17.7 Å².